The predicted octanol–water partition coefficient (Wildman–Crippen LogP) is 1.82. The maximum Gasteiger partial charge on any atom is 0.324 e. The molecular formula is C13H14BrN5O3. The van der Waals surface area contributed by atoms with Gasteiger partial charge in [-0.3, -0.25) is 14.5 Å². The molecular weight excluding hydrogens is 354 g/mol. The van der Waals surface area contributed by atoms with E-state index in [1.54, 1.807) is 23.6 Å². The summed E-state index contributed by atoms with van der Waals surface area (Å²) in [4.78, 5) is 25.0. The summed E-state index contributed by atoms with van der Waals surface area (Å²) >= 11 is 3.35. The maximum atomic E-state index is 12.3. The van der Waals surface area contributed by atoms with Crippen LogP contribution in [0, 0.1) is 5.41 Å². The molecule has 2 amide bonds. The van der Waals surface area contributed by atoms with Crippen LogP contribution in [-0.2, 0) is 4.79 Å². The Hall–Kier alpha value is -2.16. The first-order valence-corrected chi connectivity index (χ1v) is 7.48. The standard InChI is InChI=1S/C13H14BrN5O3/c1-13(10(20)21)4-5-18(7-13)12(22)15-11-17-16-9-3-2-8(14)6-19(9)11/h2-3,6H,4-5,7H2,1H3,(H,20,21)(H,15,17,22). The molecule has 3 heterocycles. The Morgan fingerprint density at radius 3 is 2.86 bits per heavy atom. The summed E-state index contributed by atoms with van der Waals surface area (Å²) in [7, 11) is 0. The van der Waals surface area contributed by atoms with Crippen molar-refractivity contribution < 1.29 is 14.7 Å². The number of fused-ring (bicyclic) bond motifs is 1. The van der Waals surface area contributed by atoms with Gasteiger partial charge in [-0.05, 0) is 41.4 Å². The Morgan fingerprint density at radius 1 is 1.41 bits per heavy atom. The number of carboxylic acids is 1. The van der Waals surface area contributed by atoms with E-state index in [1.807, 2.05) is 6.07 Å². The van der Waals surface area contributed by atoms with Gasteiger partial charge < -0.3 is 10.0 Å². The number of rotatable bonds is 2. The first-order chi connectivity index (χ1) is 10.4. The van der Waals surface area contributed by atoms with Gasteiger partial charge >= 0.3 is 12.0 Å². The molecule has 1 aliphatic heterocycles. The highest BCUT2D eigenvalue weighted by Crippen LogP contribution is 2.30. The molecule has 2 N–H and O–H groups in total. The van der Waals surface area contributed by atoms with E-state index in [0.717, 1.165) is 4.47 Å². The molecule has 1 aliphatic rings. The quantitative estimate of drug-likeness (QED) is 0.842. The van der Waals surface area contributed by atoms with Crippen molar-refractivity contribution in [2.45, 2.75) is 13.3 Å². The van der Waals surface area contributed by atoms with E-state index in [4.69, 9.17) is 0 Å². The Morgan fingerprint density at radius 2 is 2.18 bits per heavy atom. The van der Waals surface area contributed by atoms with E-state index < -0.39 is 11.4 Å². The molecule has 2 aromatic rings. The van der Waals surface area contributed by atoms with Gasteiger partial charge in [0.15, 0.2) is 5.65 Å². The van der Waals surface area contributed by atoms with Crippen molar-refractivity contribution in [3.63, 3.8) is 0 Å². The second kappa shape index (κ2) is 5.24. The van der Waals surface area contributed by atoms with Gasteiger partial charge in [-0.15, -0.1) is 10.2 Å². The van der Waals surface area contributed by atoms with E-state index in [9.17, 15) is 14.7 Å². The Kier molecular flexibility index (Phi) is 3.51. The molecule has 3 rings (SSSR count). The largest absolute Gasteiger partial charge is 0.481 e. The van der Waals surface area contributed by atoms with Gasteiger partial charge in [0, 0.05) is 23.8 Å². The molecule has 0 aromatic carbocycles. The van der Waals surface area contributed by atoms with Gasteiger partial charge in [-0.25, -0.2) is 4.79 Å². The van der Waals surface area contributed by atoms with E-state index in [1.165, 1.54) is 4.90 Å². The van der Waals surface area contributed by atoms with E-state index in [0.29, 0.717) is 24.6 Å². The molecule has 0 saturated carbocycles. The minimum absolute atomic E-state index is 0.175. The summed E-state index contributed by atoms with van der Waals surface area (Å²) in [5.74, 6) is -0.593. The first kappa shape index (κ1) is 14.8. The maximum absolute atomic E-state index is 12.3. The van der Waals surface area contributed by atoms with Crippen molar-refractivity contribution in [3.8, 4) is 0 Å². The first-order valence-electron chi connectivity index (χ1n) is 6.69. The van der Waals surface area contributed by atoms with Crippen molar-refractivity contribution in [1.82, 2.24) is 19.5 Å². The summed E-state index contributed by atoms with van der Waals surface area (Å²) in [5, 5.41) is 19.8. The van der Waals surface area contributed by atoms with Crippen molar-refractivity contribution in [3.05, 3.63) is 22.8 Å². The zero-order valence-corrected chi connectivity index (χ0v) is 13.4. The molecule has 8 nitrogen and oxygen atoms in total. The van der Waals surface area contributed by atoms with Crippen LogP contribution in [-0.4, -0.2) is 49.7 Å². The SMILES string of the molecule is CC1(C(=O)O)CCN(C(=O)Nc2nnc3ccc(Br)cn23)C1. The molecule has 1 unspecified atom stereocenters. The molecule has 9 heteroatoms. The average Bonchev–Trinajstić information content (AvgIpc) is 3.04. The number of hydrogen-bond donors (Lipinski definition) is 2. The summed E-state index contributed by atoms with van der Waals surface area (Å²) in [6.07, 6.45) is 2.18. The molecule has 1 saturated heterocycles. The molecule has 2 aromatic heterocycles. The third-order valence-electron chi connectivity index (χ3n) is 3.86. The summed E-state index contributed by atoms with van der Waals surface area (Å²) in [6, 6.07) is 3.22. The van der Waals surface area contributed by atoms with Crippen LogP contribution in [0.1, 0.15) is 13.3 Å². The van der Waals surface area contributed by atoms with Crippen LogP contribution in [0.3, 0.4) is 0 Å². The minimum atomic E-state index is -0.896. The number of amides is 2. The predicted molar refractivity (Wildman–Crippen MR) is 81.6 cm³/mol. The van der Waals surface area contributed by atoms with Crippen molar-refractivity contribution >= 4 is 39.5 Å². The fourth-order valence-corrected chi connectivity index (χ4v) is 2.77. The second-order valence-electron chi connectivity index (χ2n) is 5.57. The van der Waals surface area contributed by atoms with Crippen molar-refractivity contribution in [2.24, 2.45) is 5.41 Å². The second-order valence-corrected chi connectivity index (χ2v) is 6.48. The molecule has 0 bridgehead atoms. The lowest BCUT2D eigenvalue weighted by Gasteiger charge is -2.20. The van der Waals surface area contributed by atoms with Crippen LogP contribution in [0.5, 0.6) is 0 Å². The number of aliphatic carboxylic acids is 1. The minimum Gasteiger partial charge on any atom is -0.481 e. The normalized spacial score (nSPS) is 21.3. The number of carbonyl (C=O) groups is 2. The van der Waals surface area contributed by atoms with Gasteiger partial charge in [0.1, 0.15) is 0 Å². The monoisotopic (exact) mass is 367 g/mol. The summed E-state index contributed by atoms with van der Waals surface area (Å²) in [5.41, 5.74) is -0.289. The third kappa shape index (κ3) is 2.52. The number of pyridine rings is 1. The van der Waals surface area contributed by atoms with E-state index in [2.05, 4.69) is 31.4 Å². The van der Waals surface area contributed by atoms with Crippen LogP contribution in [0.15, 0.2) is 22.8 Å². The fraction of sp³-hybridized carbons (Fsp3) is 0.385. The number of urea groups is 1. The number of likely N-dealkylation sites (tertiary alicyclic amines) is 1. The zero-order chi connectivity index (χ0) is 15.9. The van der Waals surface area contributed by atoms with E-state index in [-0.39, 0.29) is 12.6 Å². The number of hydrogen-bond acceptors (Lipinski definition) is 4. The summed E-state index contributed by atoms with van der Waals surface area (Å²) in [6.45, 7) is 2.22. The zero-order valence-electron chi connectivity index (χ0n) is 11.8. The topological polar surface area (TPSA) is 99.8 Å². The highest BCUT2D eigenvalue weighted by molar-refractivity contribution is 9.10. The van der Waals surface area contributed by atoms with Gasteiger partial charge in [0.2, 0.25) is 5.95 Å². The van der Waals surface area contributed by atoms with Gasteiger partial charge in [-0.2, -0.15) is 0 Å². The number of anilines is 1. The number of halogens is 1. The smallest absolute Gasteiger partial charge is 0.324 e. The average molecular weight is 368 g/mol. The molecule has 1 fully saturated rings. The van der Waals surface area contributed by atoms with Crippen molar-refractivity contribution in [1.29, 1.82) is 0 Å². The van der Waals surface area contributed by atoms with Crippen LogP contribution in [0.25, 0.3) is 5.65 Å². The molecule has 0 spiro atoms. The molecule has 1 atom stereocenters. The van der Waals surface area contributed by atoms with E-state index >= 15 is 0 Å². The van der Waals surface area contributed by atoms with Crippen LogP contribution in [0.2, 0.25) is 0 Å². The van der Waals surface area contributed by atoms with Crippen LogP contribution in [0.4, 0.5) is 10.7 Å². The third-order valence-corrected chi connectivity index (χ3v) is 4.33. The number of carbonyl (C=O) groups excluding carboxylic acids is 1. The Labute approximate surface area is 134 Å². The molecule has 116 valence electrons. The highest BCUT2D eigenvalue weighted by atomic mass is 79.9. The van der Waals surface area contributed by atoms with Crippen molar-refractivity contribution in [2.75, 3.05) is 18.4 Å². The van der Waals surface area contributed by atoms with Gasteiger partial charge in [-0.1, -0.05) is 0 Å². The molecule has 22 heavy (non-hydrogen) atoms. The summed E-state index contributed by atoms with van der Waals surface area (Å²) < 4.78 is 2.48. The molecule has 0 aliphatic carbocycles. The van der Waals surface area contributed by atoms with Gasteiger partial charge in [0.05, 0.1) is 5.41 Å². The Bertz CT molecular complexity index is 761. The number of aromatic nitrogens is 3. The number of nitrogens with one attached hydrogen (secondary N) is 1. The lowest BCUT2D eigenvalue weighted by molar-refractivity contribution is -0.146. The lowest BCUT2D eigenvalue weighted by Crippen LogP contribution is -2.37. The number of carboxylic acid groups (broad SMARTS) is 1. The number of nitrogens with zero attached hydrogens (tertiary/aromatic N) is 4. The van der Waals surface area contributed by atoms with Gasteiger partial charge in [0.25, 0.3) is 0 Å². The van der Waals surface area contributed by atoms with Crippen LogP contribution < -0.4 is 5.32 Å². The Balaban J connectivity index is 1.77. The fourth-order valence-electron chi connectivity index (χ4n) is 2.43. The van der Waals surface area contributed by atoms with Crippen LogP contribution >= 0.6 is 15.9 Å². The highest BCUT2D eigenvalue weighted by Gasteiger charge is 2.42. The molecule has 0 radical (unpaired) electrons. The lowest BCUT2D eigenvalue weighted by atomic mass is 9.90.